The van der Waals surface area contributed by atoms with Gasteiger partial charge in [0, 0.05) is 11.3 Å². The van der Waals surface area contributed by atoms with Crippen LogP contribution in [0.5, 0.6) is 0 Å². The van der Waals surface area contributed by atoms with Gasteiger partial charge in [0.25, 0.3) is 10.0 Å². The molecule has 0 radical (unpaired) electrons. The van der Waals surface area contributed by atoms with Gasteiger partial charge in [-0.1, -0.05) is 29.8 Å². The lowest BCUT2D eigenvalue weighted by molar-refractivity contribution is 0.601. The third-order valence-corrected chi connectivity index (χ3v) is 4.70. The molecule has 3 rings (SSSR count). The second-order valence-corrected chi connectivity index (χ2v) is 6.93. The molecular weight excluding hydrogens is 312 g/mol. The Morgan fingerprint density at radius 3 is 2.43 bits per heavy atom. The summed E-state index contributed by atoms with van der Waals surface area (Å²) >= 11 is 0. The fourth-order valence-electron chi connectivity index (χ4n) is 2.13. The number of nitrogens with zero attached hydrogens (tertiary/aromatic N) is 2. The Bertz CT molecular complexity index is 931. The van der Waals surface area contributed by atoms with Crippen molar-refractivity contribution in [3.8, 4) is 11.4 Å². The van der Waals surface area contributed by atoms with Crippen LogP contribution in [0, 0.1) is 13.8 Å². The molecular formula is C16H16N4O2S. The fourth-order valence-corrected chi connectivity index (χ4v) is 3.17. The Kier molecular flexibility index (Phi) is 3.87. The molecule has 2 N–H and O–H groups in total. The monoisotopic (exact) mass is 328 g/mol. The lowest BCUT2D eigenvalue weighted by Gasteiger charge is -2.09. The van der Waals surface area contributed by atoms with Crippen LogP contribution in [0.3, 0.4) is 0 Å². The summed E-state index contributed by atoms with van der Waals surface area (Å²) in [5.74, 6) is 1.23. The van der Waals surface area contributed by atoms with Crippen molar-refractivity contribution in [2.45, 2.75) is 18.7 Å². The van der Waals surface area contributed by atoms with Gasteiger partial charge < -0.3 is 0 Å². The molecule has 1 heterocycles. The first-order valence-electron chi connectivity index (χ1n) is 7.03. The van der Waals surface area contributed by atoms with Gasteiger partial charge in [0.1, 0.15) is 5.82 Å². The average Bonchev–Trinajstić information content (AvgIpc) is 2.94. The number of aryl methyl sites for hydroxylation is 2. The molecule has 7 heteroatoms. The van der Waals surface area contributed by atoms with Crippen molar-refractivity contribution >= 4 is 15.7 Å². The van der Waals surface area contributed by atoms with E-state index in [0.717, 1.165) is 11.1 Å². The number of rotatable bonds is 4. The number of H-pyrrole nitrogens is 1. The van der Waals surface area contributed by atoms with E-state index in [1.165, 1.54) is 0 Å². The minimum absolute atomic E-state index is 0.224. The second-order valence-electron chi connectivity index (χ2n) is 5.24. The first-order valence-corrected chi connectivity index (χ1v) is 8.51. The van der Waals surface area contributed by atoms with E-state index in [9.17, 15) is 8.42 Å². The average molecular weight is 328 g/mol. The first kappa shape index (κ1) is 15.2. The van der Waals surface area contributed by atoms with Crippen LogP contribution < -0.4 is 4.72 Å². The van der Waals surface area contributed by atoms with Crippen LogP contribution in [-0.2, 0) is 10.0 Å². The van der Waals surface area contributed by atoms with Gasteiger partial charge >= 0.3 is 0 Å². The lowest BCUT2D eigenvalue weighted by atomic mass is 10.2. The van der Waals surface area contributed by atoms with Gasteiger partial charge in [-0.3, -0.25) is 9.82 Å². The second kappa shape index (κ2) is 5.85. The standard InChI is InChI=1S/C16H16N4O2S/c1-11-6-8-15(9-7-11)23(21,22)20-14-5-3-4-13(10-14)16-17-12(2)18-19-16/h3-10,20H,1-2H3,(H,17,18,19). The molecule has 0 fully saturated rings. The highest BCUT2D eigenvalue weighted by Gasteiger charge is 2.14. The van der Waals surface area contributed by atoms with Gasteiger partial charge in [-0.15, -0.1) is 0 Å². The lowest BCUT2D eigenvalue weighted by Crippen LogP contribution is -2.12. The zero-order valence-corrected chi connectivity index (χ0v) is 13.6. The predicted octanol–water partition coefficient (Wildman–Crippen LogP) is 2.89. The normalized spacial score (nSPS) is 11.4. The van der Waals surface area contributed by atoms with Crippen LogP contribution in [0.1, 0.15) is 11.4 Å². The minimum atomic E-state index is -3.62. The Morgan fingerprint density at radius 2 is 1.78 bits per heavy atom. The number of hydrogen-bond donors (Lipinski definition) is 2. The summed E-state index contributed by atoms with van der Waals surface area (Å²) in [6.07, 6.45) is 0. The molecule has 0 bridgehead atoms. The van der Waals surface area contributed by atoms with E-state index < -0.39 is 10.0 Å². The summed E-state index contributed by atoms with van der Waals surface area (Å²) in [6.45, 7) is 3.71. The highest BCUT2D eigenvalue weighted by atomic mass is 32.2. The molecule has 6 nitrogen and oxygen atoms in total. The molecule has 0 atom stereocenters. The molecule has 0 unspecified atom stereocenters. The summed E-state index contributed by atoms with van der Waals surface area (Å²) in [4.78, 5) is 4.47. The number of aromatic nitrogens is 3. The van der Waals surface area contributed by atoms with Crippen molar-refractivity contribution in [2.24, 2.45) is 0 Å². The summed E-state index contributed by atoms with van der Waals surface area (Å²) in [5, 5.41) is 6.84. The van der Waals surface area contributed by atoms with Crippen LogP contribution in [0.25, 0.3) is 11.4 Å². The molecule has 0 amide bonds. The molecule has 2 aromatic carbocycles. The largest absolute Gasteiger partial charge is 0.280 e. The summed E-state index contributed by atoms with van der Waals surface area (Å²) in [7, 11) is -3.62. The van der Waals surface area contributed by atoms with Gasteiger partial charge in [-0.2, -0.15) is 5.10 Å². The van der Waals surface area contributed by atoms with E-state index >= 15 is 0 Å². The van der Waals surface area contributed by atoms with Crippen molar-refractivity contribution < 1.29 is 8.42 Å². The zero-order valence-electron chi connectivity index (χ0n) is 12.7. The van der Waals surface area contributed by atoms with E-state index in [1.807, 2.05) is 13.0 Å². The molecule has 3 aromatic rings. The molecule has 0 saturated carbocycles. The fraction of sp³-hybridized carbons (Fsp3) is 0.125. The van der Waals surface area contributed by atoms with Crippen molar-refractivity contribution in [1.82, 2.24) is 15.2 Å². The van der Waals surface area contributed by atoms with Crippen LogP contribution in [0.15, 0.2) is 53.4 Å². The van der Waals surface area contributed by atoms with E-state index in [0.29, 0.717) is 17.3 Å². The number of benzene rings is 2. The molecule has 1 aromatic heterocycles. The minimum Gasteiger partial charge on any atom is -0.280 e. The van der Waals surface area contributed by atoms with E-state index in [1.54, 1.807) is 49.4 Å². The quantitative estimate of drug-likeness (QED) is 0.771. The molecule has 118 valence electrons. The maximum Gasteiger partial charge on any atom is 0.261 e. The highest BCUT2D eigenvalue weighted by Crippen LogP contribution is 2.22. The molecule has 0 spiro atoms. The highest BCUT2D eigenvalue weighted by molar-refractivity contribution is 7.92. The maximum absolute atomic E-state index is 12.4. The Labute approximate surface area is 134 Å². The number of sulfonamides is 1. The zero-order chi connectivity index (χ0) is 16.4. The van der Waals surface area contributed by atoms with E-state index in [-0.39, 0.29) is 4.90 Å². The Hall–Kier alpha value is -2.67. The van der Waals surface area contributed by atoms with Crippen molar-refractivity contribution in [1.29, 1.82) is 0 Å². The number of anilines is 1. The summed E-state index contributed by atoms with van der Waals surface area (Å²) < 4.78 is 27.4. The maximum atomic E-state index is 12.4. The third-order valence-electron chi connectivity index (χ3n) is 3.30. The van der Waals surface area contributed by atoms with Crippen LogP contribution in [-0.4, -0.2) is 23.6 Å². The van der Waals surface area contributed by atoms with Crippen LogP contribution in [0.2, 0.25) is 0 Å². The molecule has 0 aliphatic heterocycles. The van der Waals surface area contributed by atoms with Gasteiger partial charge in [-0.05, 0) is 38.1 Å². The van der Waals surface area contributed by atoms with Crippen molar-refractivity contribution in [3.05, 3.63) is 59.9 Å². The van der Waals surface area contributed by atoms with Crippen LogP contribution in [0.4, 0.5) is 5.69 Å². The topological polar surface area (TPSA) is 87.7 Å². The summed E-state index contributed by atoms with van der Waals surface area (Å²) in [5.41, 5.74) is 2.20. The van der Waals surface area contributed by atoms with Gasteiger partial charge in [0.15, 0.2) is 5.82 Å². The van der Waals surface area contributed by atoms with E-state index in [4.69, 9.17) is 0 Å². The predicted molar refractivity (Wildman–Crippen MR) is 88.5 cm³/mol. The van der Waals surface area contributed by atoms with Gasteiger partial charge in [-0.25, -0.2) is 13.4 Å². The van der Waals surface area contributed by atoms with Crippen LogP contribution >= 0.6 is 0 Å². The number of aromatic amines is 1. The molecule has 23 heavy (non-hydrogen) atoms. The number of nitrogens with one attached hydrogen (secondary N) is 2. The summed E-state index contributed by atoms with van der Waals surface area (Å²) in [6, 6.07) is 13.7. The third kappa shape index (κ3) is 3.40. The van der Waals surface area contributed by atoms with Gasteiger partial charge in [0.2, 0.25) is 0 Å². The molecule has 0 aliphatic carbocycles. The first-order chi connectivity index (χ1) is 10.9. The Balaban J connectivity index is 1.89. The van der Waals surface area contributed by atoms with Gasteiger partial charge in [0.05, 0.1) is 4.90 Å². The smallest absolute Gasteiger partial charge is 0.261 e. The molecule has 0 aliphatic rings. The Morgan fingerprint density at radius 1 is 1.04 bits per heavy atom. The number of hydrogen-bond acceptors (Lipinski definition) is 4. The SMILES string of the molecule is Cc1ccc(S(=O)(=O)Nc2cccc(-c3n[nH]c(C)n3)c2)cc1. The van der Waals surface area contributed by atoms with Crippen molar-refractivity contribution in [2.75, 3.05) is 4.72 Å². The molecule has 0 saturated heterocycles. The van der Waals surface area contributed by atoms with E-state index in [2.05, 4.69) is 19.9 Å². The van der Waals surface area contributed by atoms with Crippen molar-refractivity contribution in [3.63, 3.8) is 0 Å².